The zero-order chi connectivity index (χ0) is 13.3. The molecule has 0 aliphatic rings. The van der Waals surface area contributed by atoms with Gasteiger partial charge < -0.3 is 5.73 Å². The largest absolute Gasteiger partial charge is 0.324 e. The second-order valence-electron chi connectivity index (χ2n) is 4.48. The van der Waals surface area contributed by atoms with Crippen molar-refractivity contribution in [3.8, 4) is 11.1 Å². The zero-order valence-electron chi connectivity index (χ0n) is 10.4. The Bertz CT molecular complexity index is 577. The van der Waals surface area contributed by atoms with Crippen LogP contribution in [0.4, 0.5) is 8.78 Å². The molecular formula is C15H15F2N. The van der Waals surface area contributed by atoms with Gasteiger partial charge in [0.2, 0.25) is 0 Å². The molecule has 0 spiro atoms. The first kappa shape index (κ1) is 12.7. The second kappa shape index (κ2) is 4.86. The Morgan fingerprint density at radius 1 is 0.944 bits per heavy atom. The third-order valence-corrected chi connectivity index (χ3v) is 2.98. The first-order valence-electron chi connectivity index (χ1n) is 5.80. The minimum absolute atomic E-state index is 0.204. The van der Waals surface area contributed by atoms with Crippen LogP contribution in [0.2, 0.25) is 0 Å². The van der Waals surface area contributed by atoms with Crippen molar-refractivity contribution in [1.29, 1.82) is 0 Å². The zero-order valence-corrected chi connectivity index (χ0v) is 10.4. The van der Waals surface area contributed by atoms with Crippen molar-refractivity contribution in [2.75, 3.05) is 0 Å². The van der Waals surface area contributed by atoms with Gasteiger partial charge in [0, 0.05) is 6.04 Å². The van der Waals surface area contributed by atoms with E-state index in [-0.39, 0.29) is 17.7 Å². The molecule has 2 N–H and O–H groups in total. The van der Waals surface area contributed by atoms with Gasteiger partial charge in [-0.3, -0.25) is 0 Å². The van der Waals surface area contributed by atoms with Gasteiger partial charge in [0.25, 0.3) is 0 Å². The Morgan fingerprint density at radius 3 is 2.17 bits per heavy atom. The van der Waals surface area contributed by atoms with Crippen molar-refractivity contribution >= 4 is 0 Å². The van der Waals surface area contributed by atoms with Gasteiger partial charge >= 0.3 is 0 Å². The van der Waals surface area contributed by atoms with Crippen LogP contribution >= 0.6 is 0 Å². The maximum Gasteiger partial charge on any atom is 0.123 e. The van der Waals surface area contributed by atoms with Crippen molar-refractivity contribution in [2.24, 2.45) is 5.73 Å². The predicted molar refractivity (Wildman–Crippen MR) is 69.1 cm³/mol. The summed E-state index contributed by atoms with van der Waals surface area (Å²) in [6.45, 7) is 3.64. The van der Waals surface area contributed by atoms with Gasteiger partial charge in [0.15, 0.2) is 0 Å². The highest BCUT2D eigenvalue weighted by Crippen LogP contribution is 2.30. The van der Waals surface area contributed by atoms with E-state index >= 15 is 0 Å². The molecule has 3 heteroatoms. The minimum Gasteiger partial charge on any atom is -0.324 e. The maximum absolute atomic E-state index is 13.4. The average molecular weight is 247 g/mol. The molecule has 0 aromatic heterocycles. The normalized spacial score (nSPS) is 12.5. The van der Waals surface area contributed by atoms with Gasteiger partial charge in [0.1, 0.15) is 11.6 Å². The van der Waals surface area contributed by atoms with Crippen LogP contribution in [-0.2, 0) is 0 Å². The van der Waals surface area contributed by atoms with E-state index in [9.17, 15) is 8.78 Å². The highest BCUT2D eigenvalue weighted by Gasteiger charge is 2.12. The van der Waals surface area contributed by atoms with E-state index in [0.717, 1.165) is 22.3 Å². The van der Waals surface area contributed by atoms with E-state index < -0.39 is 0 Å². The summed E-state index contributed by atoms with van der Waals surface area (Å²) >= 11 is 0. The lowest BCUT2D eigenvalue weighted by Gasteiger charge is -2.15. The fraction of sp³-hybridized carbons (Fsp3) is 0.200. The molecule has 0 amide bonds. The molecule has 2 aromatic carbocycles. The fourth-order valence-corrected chi connectivity index (χ4v) is 2.09. The summed E-state index contributed by atoms with van der Waals surface area (Å²) in [6, 6.07) is 8.78. The number of aryl methyl sites for hydroxylation is 1. The molecule has 2 aromatic rings. The fourth-order valence-electron chi connectivity index (χ4n) is 2.09. The lowest BCUT2D eigenvalue weighted by Crippen LogP contribution is -2.07. The number of hydrogen-bond acceptors (Lipinski definition) is 1. The number of hydrogen-bond donors (Lipinski definition) is 1. The molecule has 0 fully saturated rings. The summed E-state index contributed by atoms with van der Waals surface area (Å²) in [5.41, 5.74) is 9.04. The van der Waals surface area contributed by atoms with Crippen molar-refractivity contribution in [2.45, 2.75) is 19.9 Å². The Kier molecular flexibility index (Phi) is 3.43. The molecular weight excluding hydrogens is 232 g/mol. The topological polar surface area (TPSA) is 26.0 Å². The minimum atomic E-state index is -0.321. The lowest BCUT2D eigenvalue weighted by atomic mass is 9.93. The summed E-state index contributed by atoms with van der Waals surface area (Å²) in [7, 11) is 0. The predicted octanol–water partition coefficient (Wildman–Crippen LogP) is 3.96. The maximum atomic E-state index is 13.4. The SMILES string of the molecule is Cc1cc(F)ccc1-c1cc(F)ccc1C(C)N. The van der Waals surface area contributed by atoms with Crippen molar-refractivity contribution in [3.63, 3.8) is 0 Å². The van der Waals surface area contributed by atoms with Gasteiger partial charge in [-0.2, -0.15) is 0 Å². The third kappa shape index (κ3) is 2.41. The van der Waals surface area contributed by atoms with Crippen molar-refractivity contribution in [3.05, 3.63) is 59.2 Å². The molecule has 0 saturated heterocycles. The Balaban J connectivity index is 2.65. The summed E-state index contributed by atoms with van der Waals surface area (Å²) in [4.78, 5) is 0. The van der Waals surface area contributed by atoms with Gasteiger partial charge in [-0.1, -0.05) is 12.1 Å². The van der Waals surface area contributed by atoms with Crippen LogP contribution in [0.3, 0.4) is 0 Å². The number of halogens is 2. The van der Waals surface area contributed by atoms with Gasteiger partial charge in [-0.05, 0) is 60.4 Å². The van der Waals surface area contributed by atoms with Crippen molar-refractivity contribution in [1.82, 2.24) is 0 Å². The second-order valence-corrected chi connectivity index (χ2v) is 4.48. The Hall–Kier alpha value is -1.74. The van der Waals surface area contributed by atoms with E-state index in [4.69, 9.17) is 5.73 Å². The summed E-state index contributed by atoms with van der Waals surface area (Å²) < 4.78 is 26.5. The molecule has 1 nitrogen and oxygen atoms in total. The Labute approximate surface area is 105 Å². The average Bonchev–Trinajstić information content (AvgIpc) is 2.28. The number of nitrogens with two attached hydrogens (primary N) is 1. The highest BCUT2D eigenvalue weighted by atomic mass is 19.1. The number of rotatable bonds is 2. The molecule has 0 aliphatic carbocycles. The van der Waals surface area contributed by atoms with Crippen molar-refractivity contribution < 1.29 is 8.78 Å². The summed E-state index contributed by atoms with van der Waals surface area (Å²) in [6.07, 6.45) is 0. The van der Waals surface area contributed by atoms with E-state index in [1.54, 1.807) is 19.1 Å². The van der Waals surface area contributed by atoms with Crippen LogP contribution < -0.4 is 5.73 Å². The van der Waals surface area contributed by atoms with E-state index in [0.29, 0.717) is 0 Å². The molecule has 0 saturated carbocycles. The van der Waals surface area contributed by atoms with Crippen LogP contribution in [0.1, 0.15) is 24.1 Å². The first-order chi connectivity index (χ1) is 8.49. The molecule has 2 rings (SSSR count). The van der Waals surface area contributed by atoms with E-state index in [1.165, 1.54) is 24.3 Å². The number of benzene rings is 2. The molecule has 18 heavy (non-hydrogen) atoms. The molecule has 0 heterocycles. The smallest absolute Gasteiger partial charge is 0.123 e. The van der Waals surface area contributed by atoms with Gasteiger partial charge in [0.05, 0.1) is 0 Å². The summed E-state index contributed by atoms with van der Waals surface area (Å²) in [5.74, 6) is -0.617. The molecule has 0 aliphatic heterocycles. The summed E-state index contributed by atoms with van der Waals surface area (Å²) in [5, 5.41) is 0. The van der Waals surface area contributed by atoms with Gasteiger partial charge in [-0.25, -0.2) is 8.78 Å². The van der Waals surface area contributed by atoms with Crippen LogP contribution in [0.25, 0.3) is 11.1 Å². The molecule has 0 bridgehead atoms. The highest BCUT2D eigenvalue weighted by molar-refractivity contribution is 5.71. The quantitative estimate of drug-likeness (QED) is 0.854. The van der Waals surface area contributed by atoms with E-state index in [1.807, 2.05) is 6.92 Å². The van der Waals surface area contributed by atoms with Gasteiger partial charge in [-0.15, -0.1) is 0 Å². The van der Waals surface area contributed by atoms with Crippen LogP contribution in [0.15, 0.2) is 36.4 Å². The van der Waals surface area contributed by atoms with Crippen LogP contribution in [0, 0.1) is 18.6 Å². The molecule has 1 unspecified atom stereocenters. The molecule has 0 radical (unpaired) electrons. The molecule has 94 valence electrons. The first-order valence-corrected chi connectivity index (χ1v) is 5.80. The van der Waals surface area contributed by atoms with Crippen LogP contribution in [-0.4, -0.2) is 0 Å². The molecule has 1 atom stereocenters. The monoisotopic (exact) mass is 247 g/mol. The van der Waals surface area contributed by atoms with E-state index in [2.05, 4.69) is 0 Å². The van der Waals surface area contributed by atoms with Crippen LogP contribution in [0.5, 0.6) is 0 Å². The third-order valence-electron chi connectivity index (χ3n) is 2.98. The lowest BCUT2D eigenvalue weighted by molar-refractivity contribution is 0.625. The standard InChI is InChI=1S/C15H15F2N/c1-9-7-11(16)3-5-13(9)15-8-12(17)4-6-14(15)10(2)18/h3-8,10H,18H2,1-2H3. The Morgan fingerprint density at radius 2 is 1.56 bits per heavy atom.